The molecule has 0 unspecified atom stereocenters. The predicted molar refractivity (Wildman–Crippen MR) is 106 cm³/mol. The molecule has 0 bridgehead atoms. The van der Waals surface area contributed by atoms with Gasteiger partial charge in [-0.3, -0.25) is 0 Å². The van der Waals surface area contributed by atoms with Crippen LogP contribution in [0.3, 0.4) is 0 Å². The van der Waals surface area contributed by atoms with E-state index in [1.165, 1.54) is 0 Å². The van der Waals surface area contributed by atoms with Crippen LogP contribution in [0.4, 0.5) is 0 Å². The van der Waals surface area contributed by atoms with Crippen LogP contribution in [0.1, 0.15) is 43.8 Å². The highest BCUT2D eigenvalue weighted by Crippen LogP contribution is 2.64. The molecule has 0 fully saturated rings. The van der Waals surface area contributed by atoms with E-state index in [-0.39, 0.29) is 0 Å². The van der Waals surface area contributed by atoms with Gasteiger partial charge in [0.15, 0.2) is 0 Å². The van der Waals surface area contributed by atoms with Gasteiger partial charge in [-0.15, -0.1) is 46.4 Å². The lowest BCUT2D eigenvalue weighted by Crippen LogP contribution is -2.21. The van der Waals surface area contributed by atoms with E-state index in [0.29, 0.717) is 42.3 Å². The van der Waals surface area contributed by atoms with Crippen molar-refractivity contribution in [2.45, 2.75) is 21.5 Å². The maximum Gasteiger partial charge on any atom is 0.0811 e. The summed E-state index contributed by atoms with van der Waals surface area (Å²) < 4.78 is 0. The van der Waals surface area contributed by atoms with Crippen LogP contribution in [0.15, 0.2) is 12.1 Å². The second kappa shape index (κ2) is 6.14. The molecular weight excluding hydrogens is 476 g/mol. The molecule has 24 heavy (non-hydrogen) atoms. The maximum absolute atomic E-state index is 6.60. The second-order valence-corrected chi connectivity index (χ2v) is 9.20. The third kappa shape index (κ3) is 2.28. The number of hydrogen-bond acceptors (Lipinski definition) is 0. The van der Waals surface area contributed by atoms with Crippen molar-refractivity contribution in [3.63, 3.8) is 0 Å². The van der Waals surface area contributed by atoms with Crippen molar-refractivity contribution in [2.75, 3.05) is 0 Å². The van der Waals surface area contributed by atoms with E-state index < -0.39 is 21.5 Å². The molecule has 2 aliphatic carbocycles. The van der Waals surface area contributed by atoms with Gasteiger partial charge >= 0.3 is 0 Å². The van der Waals surface area contributed by atoms with Crippen LogP contribution >= 0.6 is 92.8 Å². The van der Waals surface area contributed by atoms with Crippen molar-refractivity contribution in [3.8, 4) is 11.1 Å². The molecule has 0 aromatic heterocycles. The van der Waals surface area contributed by atoms with Gasteiger partial charge in [0, 0.05) is 20.1 Å². The van der Waals surface area contributed by atoms with Crippen LogP contribution in [0, 0.1) is 0 Å². The van der Waals surface area contributed by atoms with Crippen molar-refractivity contribution in [1.29, 1.82) is 0 Å². The molecule has 0 heterocycles. The van der Waals surface area contributed by atoms with Crippen LogP contribution in [0.2, 0.25) is 20.1 Å². The Balaban J connectivity index is 2.27. The highest BCUT2D eigenvalue weighted by molar-refractivity contribution is 6.43. The van der Waals surface area contributed by atoms with Crippen molar-refractivity contribution in [2.24, 2.45) is 0 Å². The zero-order chi connectivity index (χ0) is 17.5. The summed E-state index contributed by atoms with van der Waals surface area (Å²) in [7, 11) is 0. The molecule has 8 heteroatoms. The van der Waals surface area contributed by atoms with Gasteiger partial charge in [0.2, 0.25) is 0 Å². The fourth-order valence-electron chi connectivity index (χ4n) is 3.50. The Morgan fingerprint density at radius 1 is 0.458 bits per heavy atom. The third-order valence-corrected chi connectivity index (χ3v) is 7.87. The average molecular weight is 482 g/mol. The summed E-state index contributed by atoms with van der Waals surface area (Å²) in [5, 5.41) is -0.634. The monoisotopic (exact) mass is 478 g/mol. The Kier molecular flexibility index (Phi) is 4.64. The quantitative estimate of drug-likeness (QED) is 0.329. The molecular formula is C16H6Cl8. The van der Waals surface area contributed by atoms with Gasteiger partial charge in [0.05, 0.1) is 21.5 Å². The summed E-state index contributed by atoms with van der Waals surface area (Å²) >= 11 is 52.1. The number of alkyl halides is 4. The molecule has 0 aliphatic heterocycles. The Hall–Kier alpha value is 0.760. The molecule has 4 rings (SSSR count). The first-order chi connectivity index (χ1) is 11.3. The maximum atomic E-state index is 6.60. The van der Waals surface area contributed by atoms with Gasteiger partial charge in [-0.2, -0.15) is 0 Å². The lowest BCUT2D eigenvalue weighted by Gasteiger charge is -2.39. The summed E-state index contributed by atoms with van der Waals surface area (Å²) in [4.78, 5) is 0. The second-order valence-electron chi connectivity index (χ2n) is 5.69. The lowest BCUT2D eigenvalue weighted by atomic mass is 9.74. The zero-order valence-electron chi connectivity index (χ0n) is 11.5. The molecule has 0 N–H and O–H groups in total. The van der Waals surface area contributed by atoms with Crippen LogP contribution in [-0.2, 0) is 0 Å². The minimum atomic E-state index is -0.583. The minimum absolute atomic E-state index is 0.425. The normalized spacial score (nSPS) is 27.2. The Morgan fingerprint density at radius 3 is 0.875 bits per heavy atom. The summed E-state index contributed by atoms with van der Waals surface area (Å²) in [6.45, 7) is 0. The van der Waals surface area contributed by atoms with E-state index >= 15 is 0 Å². The summed E-state index contributed by atoms with van der Waals surface area (Å²) in [6, 6.07) is 3.24. The SMILES string of the molecule is Clc1cc(Cl)c2c3c1[C@@H](Cl)[C@@H](Cl)c1c(Cl)cc(Cl)c(c1-3)[C@@H](Cl)[C@H]2Cl. The number of halogens is 8. The Bertz CT molecular complexity index is 753. The van der Waals surface area contributed by atoms with E-state index in [1.807, 2.05) is 0 Å². The van der Waals surface area contributed by atoms with Gasteiger partial charge in [-0.05, 0) is 45.5 Å². The lowest BCUT2D eigenvalue weighted by molar-refractivity contribution is 0.809. The molecule has 2 aliphatic rings. The van der Waals surface area contributed by atoms with Crippen LogP contribution < -0.4 is 0 Å². The third-order valence-electron chi connectivity index (χ3n) is 4.48. The first-order valence-electron chi connectivity index (χ1n) is 6.85. The van der Waals surface area contributed by atoms with Gasteiger partial charge in [0.25, 0.3) is 0 Å². The standard InChI is InChI=1S/C16H6Cl8/c17-3-1-4(18)8-11-7(3)13(21)15(23)9-5(19)2-6(20)10(12(9)11)16(24)14(8)22/h1-2,13-16H/t13-,14+,15+,16-. The molecule has 0 saturated carbocycles. The number of benzene rings is 2. The molecule has 0 saturated heterocycles. The van der Waals surface area contributed by atoms with Crippen LogP contribution in [-0.4, -0.2) is 0 Å². The zero-order valence-corrected chi connectivity index (χ0v) is 17.5. The fourth-order valence-corrected chi connectivity index (χ4v) is 6.53. The molecule has 2 aromatic rings. The van der Waals surface area contributed by atoms with Crippen molar-refractivity contribution < 1.29 is 0 Å². The highest BCUT2D eigenvalue weighted by atomic mass is 35.5. The first kappa shape index (κ1) is 18.1. The van der Waals surface area contributed by atoms with Crippen molar-refractivity contribution in [1.82, 2.24) is 0 Å². The molecule has 0 radical (unpaired) electrons. The first-order valence-corrected chi connectivity index (χ1v) is 10.1. The van der Waals surface area contributed by atoms with E-state index in [2.05, 4.69) is 0 Å². The van der Waals surface area contributed by atoms with Gasteiger partial charge < -0.3 is 0 Å². The van der Waals surface area contributed by atoms with Crippen LogP contribution in [0.5, 0.6) is 0 Å². The van der Waals surface area contributed by atoms with Crippen molar-refractivity contribution >= 4 is 92.8 Å². The Morgan fingerprint density at radius 2 is 0.667 bits per heavy atom. The minimum Gasteiger partial charge on any atom is -0.116 e. The van der Waals surface area contributed by atoms with E-state index in [9.17, 15) is 0 Å². The van der Waals surface area contributed by atoms with E-state index in [1.54, 1.807) is 12.1 Å². The number of rotatable bonds is 0. The Labute approximate surface area is 178 Å². The van der Waals surface area contributed by atoms with E-state index in [0.717, 1.165) is 11.1 Å². The smallest absolute Gasteiger partial charge is 0.0811 e. The average Bonchev–Trinajstić information content (AvgIpc) is 2.49. The van der Waals surface area contributed by atoms with Crippen molar-refractivity contribution in [3.05, 3.63) is 54.5 Å². The molecule has 2 aromatic carbocycles. The molecule has 4 atom stereocenters. The summed E-state index contributed by atoms with van der Waals surface area (Å²) in [6.07, 6.45) is 0. The molecule has 0 spiro atoms. The number of hydrogen-bond donors (Lipinski definition) is 0. The summed E-state index contributed by atoms with van der Waals surface area (Å²) in [5.41, 5.74) is 4.21. The fraction of sp³-hybridized carbons (Fsp3) is 0.250. The molecule has 126 valence electrons. The van der Waals surface area contributed by atoms with Gasteiger partial charge in [-0.25, -0.2) is 0 Å². The van der Waals surface area contributed by atoms with Crippen LogP contribution in [0.25, 0.3) is 11.1 Å². The topological polar surface area (TPSA) is 0 Å². The summed E-state index contributed by atoms with van der Waals surface area (Å²) in [5.74, 6) is 0. The highest BCUT2D eigenvalue weighted by Gasteiger charge is 2.45. The predicted octanol–water partition coefficient (Wildman–Crippen LogP) is 9.11. The molecule has 0 amide bonds. The largest absolute Gasteiger partial charge is 0.116 e. The van der Waals surface area contributed by atoms with E-state index in [4.69, 9.17) is 92.8 Å². The molecule has 0 nitrogen and oxygen atoms in total. The van der Waals surface area contributed by atoms with Gasteiger partial charge in [0.1, 0.15) is 0 Å². The van der Waals surface area contributed by atoms with Gasteiger partial charge in [-0.1, -0.05) is 46.4 Å².